The van der Waals surface area contributed by atoms with Crippen LogP contribution in [0.4, 0.5) is 0 Å². The van der Waals surface area contributed by atoms with E-state index in [1.165, 1.54) is 0 Å². The average Bonchev–Trinajstić information content (AvgIpc) is 2.94. The van der Waals surface area contributed by atoms with Crippen molar-refractivity contribution in [3.63, 3.8) is 0 Å². The van der Waals surface area contributed by atoms with Gasteiger partial charge in [0.2, 0.25) is 11.7 Å². The minimum atomic E-state index is -0.170. The SMILES string of the molecule is COc1ccc(Cl)cc1CN1CCOC(c2noc(C)n2)C1. The molecule has 2 aromatic rings. The highest BCUT2D eigenvalue weighted by molar-refractivity contribution is 6.30. The number of benzene rings is 1. The summed E-state index contributed by atoms with van der Waals surface area (Å²) < 4.78 is 16.2. The fraction of sp³-hybridized carbons (Fsp3) is 0.467. The molecule has 0 spiro atoms. The third-order valence-electron chi connectivity index (χ3n) is 3.62. The lowest BCUT2D eigenvalue weighted by Gasteiger charge is -2.31. The number of hydrogen-bond acceptors (Lipinski definition) is 6. The van der Waals surface area contributed by atoms with Gasteiger partial charge in [0.25, 0.3) is 0 Å². The second kappa shape index (κ2) is 6.64. The maximum Gasteiger partial charge on any atom is 0.223 e. The second-order valence-corrected chi connectivity index (χ2v) is 5.66. The molecule has 1 aromatic carbocycles. The van der Waals surface area contributed by atoms with E-state index >= 15 is 0 Å². The fourth-order valence-corrected chi connectivity index (χ4v) is 2.75. The Kier molecular flexibility index (Phi) is 4.61. The molecule has 0 amide bonds. The number of nitrogens with zero attached hydrogens (tertiary/aromatic N) is 3. The number of rotatable bonds is 4. The van der Waals surface area contributed by atoms with E-state index in [1.54, 1.807) is 14.0 Å². The molecule has 7 heteroatoms. The molecule has 1 saturated heterocycles. The molecule has 118 valence electrons. The summed E-state index contributed by atoms with van der Waals surface area (Å²) in [6.45, 7) is 4.67. The van der Waals surface area contributed by atoms with E-state index in [0.29, 0.717) is 29.9 Å². The van der Waals surface area contributed by atoms with Crippen molar-refractivity contribution in [3.05, 3.63) is 40.5 Å². The standard InChI is InChI=1S/C15H18ClN3O3/c1-10-17-15(18-22-10)14-9-19(5-6-21-14)8-11-7-12(16)3-4-13(11)20-2/h3-4,7,14H,5-6,8-9H2,1-2H3. The number of aryl methyl sites for hydroxylation is 1. The lowest BCUT2D eigenvalue weighted by Crippen LogP contribution is -2.38. The topological polar surface area (TPSA) is 60.6 Å². The molecule has 1 aromatic heterocycles. The van der Waals surface area contributed by atoms with Crippen LogP contribution in [0.2, 0.25) is 5.02 Å². The van der Waals surface area contributed by atoms with Crippen molar-refractivity contribution in [1.29, 1.82) is 0 Å². The first-order valence-corrected chi connectivity index (χ1v) is 7.50. The monoisotopic (exact) mass is 323 g/mol. The number of morpholine rings is 1. The van der Waals surface area contributed by atoms with E-state index in [1.807, 2.05) is 18.2 Å². The Morgan fingerprint density at radius 1 is 1.45 bits per heavy atom. The number of halogens is 1. The van der Waals surface area contributed by atoms with Gasteiger partial charge in [-0.2, -0.15) is 4.98 Å². The highest BCUT2D eigenvalue weighted by Gasteiger charge is 2.26. The van der Waals surface area contributed by atoms with E-state index in [2.05, 4.69) is 15.0 Å². The Labute approximate surface area is 134 Å². The van der Waals surface area contributed by atoms with Crippen LogP contribution in [0.15, 0.2) is 22.7 Å². The second-order valence-electron chi connectivity index (χ2n) is 5.22. The molecule has 2 heterocycles. The number of methoxy groups -OCH3 is 1. The van der Waals surface area contributed by atoms with Crippen molar-refractivity contribution in [2.24, 2.45) is 0 Å². The maximum atomic E-state index is 6.09. The Balaban J connectivity index is 1.71. The molecule has 0 N–H and O–H groups in total. The van der Waals surface area contributed by atoms with Gasteiger partial charge in [-0.3, -0.25) is 4.90 Å². The minimum absolute atomic E-state index is 0.170. The van der Waals surface area contributed by atoms with Crippen molar-refractivity contribution in [2.75, 3.05) is 26.8 Å². The van der Waals surface area contributed by atoms with Crippen molar-refractivity contribution >= 4 is 11.6 Å². The first-order valence-electron chi connectivity index (χ1n) is 7.12. The smallest absolute Gasteiger partial charge is 0.223 e. The lowest BCUT2D eigenvalue weighted by atomic mass is 10.1. The highest BCUT2D eigenvalue weighted by Crippen LogP contribution is 2.26. The molecular weight excluding hydrogens is 306 g/mol. The molecule has 0 saturated carbocycles. The molecular formula is C15H18ClN3O3. The average molecular weight is 324 g/mol. The predicted octanol–water partition coefficient (Wildman–Crippen LogP) is 2.61. The summed E-state index contributed by atoms with van der Waals surface area (Å²) >= 11 is 6.09. The Morgan fingerprint density at radius 3 is 3.05 bits per heavy atom. The van der Waals surface area contributed by atoms with Gasteiger partial charge >= 0.3 is 0 Å². The van der Waals surface area contributed by atoms with Crippen molar-refractivity contribution in [2.45, 2.75) is 19.6 Å². The van der Waals surface area contributed by atoms with Crippen LogP contribution < -0.4 is 4.74 Å². The fourth-order valence-electron chi connectivity index (χ4n) is 2.56. The van der Waals surface area contributed by atoms with Gasteiger partial charge in [0.15, 0.2) is 0 Å². The van der Waals surface area contributed by atoms with Crippen molar-refractivity contribution < 1.29 is 14.0 Å². The summed E-state index contributed by atoms with van der Waals surface area (Å²) in [5, 5.41) is 4.65. The van der Waals surface area contributed by atoms with Gasteiger partial charge in [-0.15, -0.1) is 0 Å². The highest BCUT2D eigenvalue weighted by atomic mass is 35.5. The first kappa shape index (κ1) is 15.3. The summed E-state index contributed by atoms with van der Waals surface area (Å²) in [6, 6.07) is 5.65. The zero-order chi connectivity index (χ0) is 15.5. The molecule has 0 bridgehead atoms. The van der Waals surface area contributed by atoms with Gasteiger partial charge in [0.1, 0.15) is 11.9 Å². The van der Waals surface area contributed by atoms with Gasteiger partial charge in [0, 0.05) is 37.1 Å². The third kappa shape index (κ3) is 3.40. The molecule has 1 fully saturated rings. The van der Waals surface area contributed by atoms with Gasteiger partial charge < -0.3 is 14.0 Å². The normalized spacial score (nSPS) is 19.3. The quantitative estimate of drug-likeness (QED) is 0.862. The Hall–Kier alpha value is -1.63. The zero-order valence-electron chi connectivity index (χ0n) is 12.6. The molecule has 22 heavy (non-hydrogen) atoms. The van der Waals surface area contributed by atoms with Gasteiger partial charge in [-0.05, 0) is 18.2 Å². The summed E-state index contributed by atoms with van der Waals surface area (Å²) in [4.78, 5) is 6.52. The van der Waals surface area contributed by atoms with Crippen LogP contribution in [0.5, 0.6) is 5.75 Å². The molecule has 1 atom stereocenters. The zero-order valence-corrected chi connectivity index (χ0v) is 13.3. The number of hydrogen-bond donors (Lipinski definition) is 0. The Bertz CT molecular complexity index is 647. The molecule has 1 aliphatic heterocycles. The number of aromatic nitrogens is 2. The van der Waals surface area contributed by atoms with Crippen LogP contribution >= 0.6 is 11.6 Å². The molecule has 1 aliphatic rings. The van der Waals surface area contributed by atoms with Gasteiger partial charge in [-0.25, -0.2) is 0 Å². The van der Waals surface area contributed by atoms with E-state index in [4.69, 9.17) is 25.6 Å². The van der Waals surface area contributed by atoms with Crippen molar-refractivity contribution in [3.8, 4) is 5.75 Å². The number of ether oxygens (including phenoxy) is 2. The van der Waals surface area contributed by atoms with E-state index in [0.717, 1.165) is 24.4 Å². The van der Waals surface area contributed by atoms with Crippen LogP contribution in [-0.4, -0.2) is 41.8 Å². The molecule has 1 unspecified atom stereocenters. The minimum Gasteiger partial charge on any atom is -0.496 e. The summed E-state index contributed by atoms with van der Waals surface area (Å²) in [5.74, 6) is 1.98. The van der Waals surface area contributed by atoms with E-state index < -0.39 is 0 Å². The van der Waals surface area contributed by atoms with Crippen LogP contribution in [0.25, 0.3) is 0 Å². The van der Waals surface area contributed by atoms with Crippen molar-refractivity contribution in [1.82, 2.24) is 15.0 Å². The van der Waals surface area contributed by atoms with Crippen LogP contribution in [-0.2, 0) is 11.3 Å². The largest absolute Gasteiger partial charge is 0.496 e. The third-order valence-corrected chi connectivity index (χ3v) is 3.85. The molecule has 0 radical (unpaired) electrons. The predicted molar refractivity (Wildman–Crippen MR) is 81.0 cm³/mol. The molecule has 6 nitrogen and oxygen atoms in total. The first-order chi connectivity index (χ1) is 10.7. The van der Waals surface area contributed by atoms with Gasteiger partial charge in [0.05, 0.1) is 13.7 Å². The molecule has 3 rings (SSSR count). The summed E-state index contributed by atoms with van der Waals surface area (Å²) in [7, 11) is 1.66. The van der Waals surface area contributed by atoms with Crippen LogP contribution in [0.1, 0.15) is 23.4 Å². The summed E-state index contributed by atoms with van der Waals surface area (Å²) in [6.07, 6.45) is -0.170. The van der Waals surface area contributed by atoms with E-state index in [9.17, 15) is 0 Å². The van der Waals surface area contributed by atoms with Crippen LogP contribution in [0, 0.1) is 6.92 Å². The Morgan fingerprint density at radius 2 is 2.32 bits per heavy atom. The molecule has 0 aliphatic carbocycles. The maximum absolute atomic E-state index is 6.09. The van der Waals surface area contributed by atoms with Crippen LogP contribution in [0.3, 0.4) is 0 Å². The summed E-state index contributed by atoms with van der Waals surface area (Å²) in [5.41, 5.74) is 1.06. The van der Waals surface area contributed by atoms with Gasteiger partial charge in [-0.1, -0.05) is 16.8 Å². The van der Waals surface area contributed by atoms with E-state index in [-0.39, 0.29) is 6.10 Å². The lowest BCUT2D eigenvalue weighted by molar-refractivity contribution is -0.0382.